The van der Waals surface area contributed by atoms with Crippen molar-refractivity contribution in [2.45, 2.75) is 38.1 Å². The van der Waals surface area contributed by atoms with Crippen LogP contribution in [0, 0.1) is 0 Å². The molecule has 0 aliphatic heterocycles. The summed E-state index contributed by atoms with van der Waals surface area (Å²) in [6.07, 6.45) is 5.70. The van der Waals surface area contributed by atoms with Crippen LogP contribution in [-0.2, 0) is 0 Å². The second-order valence-electron chi connectivity index (χ2n) is 4.62. The van der Waals surface area contributed by atoms with Crippen molar-refractivity contribution in [2.24, 2.45) is 5.73 Å². The first-order chi connectivity index (χ1) is 7.75. The quantitative estimate of drug-likeness (QED) is 0.835. The van der Waals surface area contributed by atoms with Gasteiger partial charge in [-0.05, 0) is 25.8 Å². The van der Waals surface area contributed by atoms with Gasteiger partial charge >= 0.3 is 0 Å². The largest absolute Gasteiger partial charge is 0.324 e. The normalized spacial score (nSPS) is 18.6. The number of hydrogen-bond donors (Lipinski definition) is 1. The van der Waals surface area contributed by atoms with Gasteiger partial charge in [-0.25, -0.2) is 9.50 Å². The van der Waals surface area contributed by atoms with E-state index < -0.39 is 0 Å². The fraction of sp³-hybridized carbons (Fsp3) is 0.500. The molecule has 0 spiro atoms. The van der Waals surface area contributed by atoms with E-state index in [0.717, 1.165) is 17.0 Å². The molecule has 2 N–H and O–H groups in total. The van der Waals surface area contributed by atoms with Gasteiger partial charge in [-0.15, -0.1) is 0 Å². The summed E-state index contributed by atoms with van der Waals surface area (Å²) in [4.78, 5) is 4.63. The predicted molar refractivity (Wildman–Crippen MR) is 62.2 cm³/mol. The number of aromatic nitrogens is 3. The Labute approximate surface area is 94.5 Å². The van der Waals surface area contributed by atoms with Gasteiger partial charge in [0.2, 0.25) is 0 Å². The van der Waals surface area contributed by atoms with E-state index >= 15 is 0 Å². The van der Waals surface area contributed by atoms with Gasteiger partial charge in [0.05, 0.1) is 0 Å². The van der Waals surface area contributed by atoms with Gasteiger partial charge in [-0.3, -0.25) is 0 Å². The van der Waals surface area contributed by atoms with E-state index in [1.165, 1.54) is 19.3 Å². The van der Waals surface area contributed by atoms with Crippen LogP contribution in [-0.4, -0.2) is 14.6 Å². The van der Waals surface area contributed by atoms with Crippen LogP contribution in [0.15, 0.2) is 18.3 Å². The molecule has 4 nitrogen and oxygen atoms in total. The zero-order chi connectivity index (χ0) is 11.1. The monoisotopic (exact) mass is 216 g/mol. The lowest BCUT2D eigenvalue weighted by atomic mass is 9.85. The molecule has 0 radical (unpaired) electrons. The zero-order valence-corrected chi connectivity index (χ0v) is 9.43. The van der Waals surface area contributed by atoms with Gasteiger partial charge in [0, 0.05) is 23.7 Å². The maximum atomic E-state index is 5.93. The Balaban J connectivity index is 2.12. The zero-order valence-electron chi connectivity index (χ0n) is 9.43. The molecule has 0 saturated heterocycles. The Bertz CT molecular complexity index is 511. The molecule has 84 valence electrons. The number of pyridine rings is 1. The SMILES string of the molecule is CC(N)c1cccn2nc(C3CCC3)nc12. The fourth-order valence-corrected chi connectivity index (χ4v) is 2.14. The van der Waals surface area contributed by atoms with E-state index in [4.69, 9.17) is 5.73 Å². The van der Waals surface area contributed by atoms with Crippen LogP contribution in [0.5, 0.6) is 0 Å². The van der Waals surface area contributed by atoms with Crippen molar-refractivity contribution < 1.29 is 0 Å². The third-order valence-electron chi connectivity index (χ3n) is 3.37. The molecule has 4 heteroatoms. The summed E-state index contributed by atoms with van der Waals surface area (Å²) in [6.45, 7) is 1.98. The molecular formula is C12H16N4. The van der Waals surface area contributed by atoms with Crippen molar-refractivity contribution in [1.82, 2.24) is 14.6 Å². The molecule has 1 saturated carbocycles. The number of hydrogen-bond acceptors (Lipinski definition) is 3. The molecule has 1 aliphatic rings. The van der Waals surface area contributed by atoms with Gasteiger partial charge in [-0.2, -0.15) is 5.10 Å². The van der Waals surface area contributed by atoms with Crippen LogP contribution < -0.4 is 5.73 Å². The Morgan fingerprint density at radius 2 is 2.31 bits per heavy atom. The van der Waals surface area contributed by atoms with Gasteiger partial charge in [0.25, 0.3) is 0 Å². The van der Waals surface area contributed by atoms with Gasteiger partial charge in [0.15, 0.2) is 11.5 Å². The fourth-order valence-electron chi connectivity index (χ4n) is 2.14. The van der Waals surface area contributed by atoms with Crippen LogP contribution in [0.4, 0.5) is 0 Å². The van der Waals surface area contributed by atoms with Crippen molar-refractivity contribution in [3.63, 3.8) is 0 Å². The second kappa shape index (κ2) is 3.56. The molecule has 1 unspecified atom stereocenters. The maximum Gasteiger partial charge on any atom is 0.160 e. The minimum Gasteiger partial charge on any atom is -0.324 e. The van der Waals surface area contributed by atoms with Crippen molar-refractivity contribution in [3.8, 4) is 0 Å². The number of nitrogens with zero attached hydrogens (tertiary/aromatic N) is 3. The molecule has 0 aromatic carbocycles. The molecule has 0 bridgehead atoms. The first-order valence-electron chi connectivity index (χ1n) is 5.86. The van der Waals surface area contributed by atoms with Crippen LogP contribution >= 0.6 is 0 Å². The van der Waals surface area contributed by atoms with E-state index in [1.54, 1.807) is 0 Å². The van der Waals surface area contributed by atoms with Crippen LogP contribution in [0.3, 0.4) is 0 Å². The molecule has 0 amide bonds. The van der Waals surface area contributed by atoms with E-state index in [-0.39, 0.29) is 6.04 Å². The summed E-state index contributed by atoms with van der Waals surface area (Å²) >= 11 is 0. The van der Waals surface area contributed by atoms with Crippen molar-refractivity contribution in [1.29, 1.82) is 0 Å². The molecule has 1 aliphatic carbocycles. The lowest BCUT2D eigenvalue weighted by molar-refractivity contribution is 0.402. The molecule has 2 aromatic heterocycles. The first kappa shape index (κ1) is 9.78. The summed E-state index contributed by atoms with van der Waals surface area (Å²) in [6, 6.07) is 4.01. The maximum absolute atomic E-state index is 5.93. The van der Waals surface area contributed by atoms with Gasteiger partial charge < -0.3 is 5.73 Å². The van der Waals surface area contributed by atoms with Crippen LogP contribution in [0.1, 0.15) is 49.5 Å². The molecular weight excluding hydrogens is 200 g/mol. The summed E-state index contributed by atoms with van der Waals surface area (Å²) in [5, 5.41) is 4.53. The highest BCUT2D eigenvalue weighted by Crippen LogP contribution is 2.34. The van der Waals surface area contributed by atoms with Crippen molar-refractivity contribution >= 4 is 5.65 Å². The summed E-state index contributed by atoms with van der Waals surface area (Å²) < 4.78 is 1.85. The van der Waals surface area contributed by atoms with E-state index in [1.807, 2.05) is 29.8 Å². The molecule has 2 aromatic rings. The van der Waals surface area contributed by atoms with Gasteiger partial charge in [0.1, 0.15) is 0 Å². The third-order valence-corrected chi connectivity index (χ3v) is 3.37. The van der Waals surface area contributed by atoms with E-state index in [2.05, 4.69) is 10.1 Å². The van der Waals surface area contributed by atoms with Crippen LogP contribution in [0.2, 0.25) is 0 Å². The van der Waals surface area contributed by atoms with Crippen molar-refractivity contribution in [2.75, 3.05) is 0 Å². The standard InChI is InChI=1S/C12H16N4/c1-8(13)10-6-3-7-16-12(10)14-11(15-16)9-4-2-5-9/h3,6-9H,2,4-5,13H2,1H3. The van der Waals surface area contributed by atoms with Crippen LogP contribution in [0.25, 0.3) is 5.65 Å². The van der Waals surface area contributed by atoms with Gasteiger partial charge in [-0.1, -0.05) is 12.5 Å². The minimum absolute atomic E-state index is 0.00198. The highest BCUT2D eigenvalue weighted by atomic mass is 15.3. The average molecular weight is 216 g/mol. The topological polar surface area (TPSA) is 56.2 Å². The highest BCUT2D eigenvalue weighted by molar-refractivity contribution is 5.48. The first-order valence-corrected chi connectivity index (χ1v) is 5.86. The lowest BCUT2D eigenvalue weighted by Gasteiger charge is -2.21. The Morgan fingerprint density at radius 3 is 2.94 bits per heavy atom. The predicted octanol–water partition coefficient (Wildman–Crippen LogP) is 2.02. The molecule has 3 rings (SSSR count). The Hall–Kier alpha value is -1.42. The molecule has 16 heavy (non-hydrogen) atoms. The number of fused-ring (bicyclic) bond motifs is 1. The average Bonchev–Trinajstić information content (AvgIpc) is 2.56. The Morgan fingerprint density at radius 1 is 1.50 bits per heavy atom. The summed E-state index contributed by atoms with van der Waals surface area (Å²) in [5.41, 5.74) is 7.92. The summed E-state index contributed by atoms with van der Waals surface area (Å²) in [7, 11) is 0. The molecule has 1 atom stereocenters. The smallest absolute Gasteiger partial charge is 0.160 e. The second-order valence-corrected chi connectivity index (χ2v) is 4.62. The molecule has 2 heterocycles. The van der Waals surface area contributed by atoms with Crippen molar-refractivity contribution in [3.05, 3.63) is 29.7 Å². The van der Waals surface area contributed by atoms with E-state index in [9.17, 15) is 0 Å². The minimum atomic E-state index is 0.00198. The number of rotatable bonds is 2. The lowest BCUT2D eigenvalue weighted by Crippen LogP contribution is -2.10. The number of nitrogens with two attached hydrogens (primary N) is 1. The van der Waals surface area contributed by atoms with E-state index in [0.29, 0.717) is 5.92 Å². The highest BCUT2D eigenvalue weighted by Gasteiger charge is 2.24. The third kappa shape index (κ3) is 1.41. The summed E-state index contributed by atoms with van der Waals surface area (Å²) in [5.74, 6) is 1.56. The Kier molecular flexibility index (Phi) is 2.17. The molecule has 1 fully saturated rings.